The second-order valence-corrected chi connectivity index (χ2v) is 2.42. The average Bonchev–Trinajstić information content (AvgIpc) is 2.04. The second-order valence-electron chi connectivity index (χ2n) is 2.42. The molecular weight excluding hydrogens is 142 g/mol. The number of hydrogen-bond donors (Lipinski definition) is 1. The quantitative estimate of drug-likeness (QED) is 0.606. The highest BCUT2D eigenvalue weighted by Gasteiger charge is 2.01. The molecule has 1 nitrogen and oxygen atoms in total. The van der Waals surface area contributed by atoms with Crippen molar-refractivity contribution in [2.45, 2.75) is 13.3 Å². The van der Waals surface area contributed by atoms with Gasteiger partial charge in [-0.3, -0.25) is 0 Å². The van der Waals surface area contributed by atoms with Gasteiger partial charge in [-0.2, -0.15) is 0 Å². The van der Waals surface area contributed by atoms with Crippen LogP contribution in [0.5, 0.6) is 0 Å². The molecule has 0 bridgehead atoms. The van der Waals surface area contributed by atoms with Gasteiger partial charge in [0.05, 0.1) is 0 Å². The lowest BCUT2D eigenvalue weighted by atomic mass is 9.83. The zero-order valence-corrected chi connectivity index (χ0v) is 6.47. The topological polar surface area (TPSA) is 20.2 Å². The molecule has 0 heterocycles. The van der Waals surface area contributed by atoms with Gasteiger partial charge in [0.15, 0.2) is 0 Å². The van der Waals surface area contributed by atoms with Crippen molar-refractivity contribution in [1.29, 1.82) is 0 Å². The van der Waals surface area contributed by atoms with E-state index < -0.39 is 0 Å². The number of hydrogen-bond acceptors (Lipinski definition) is 1. The molecule has 0 fully saturated rings. The van der Waals surface area contributed by atoms with Crippen molar-refractivity contribution >= 4 is 12.9 Å². The van der Waals surface area contributed by atoms with E-state index in [2.05, 4.69) is 0 Å². The minimum Gasteiger partial charge on any atom is -0.449 e. The zero-order chi connectivity index (χ0) is 8.27. The van der Waals surface area contributed by atoms with Gasteiger partial charge in [-0.25, -0.2) is 4.39 Å². The molecule has 0 atom stereocenters. The molecular formula is C8H10BFO. The van der Waals surface area contributed by atoms with Crippen molar-refractivity contribution in [1.82, 2.24) is 0 Å². The Balaban J connectivity index is 3.06. The normalized spacial score (nSPS) is 9.73. The first-order valence-corrected chi connectivity index (χ1v) is 3.66. The Morgan fingerprint density at radius 3 is 2.82 bits per heavy atom. The third kappa shape index (κ3) is 1.81. The van der Waals surface area contributed by atoms with E-state index in [0.717, 1.165) is 12.0 Å². The lowest BCUT2D eigenvalue weighted by Crippen LogP contribution is -2.19. The molecule has 0 unspecified atom stereocenters. The Morgan fingerprint density at radius 1 is 1.55 bits per heavy atom. The maximum atomic E-state index is 12.6. The van der Waals surface area contributed by atoms with Crippen LogP contribution in [0.25, 0.3) is 0 Å². The van der Waals surface area contributed by atoms with Gasteiger partial charge >= 0.3 is 7.48 Å². The van der Waals surface area contributed by atoms with Gasteiger partial charge in [-0.15, -0.1) is 0 Å². The maximum Gasteiger partial charge on any atom is 0.305 e. The van der Waals surface area contributed by atoms with Gasteiger partial charge in [0, 0.05) is 0 Å². The first-order valence-electron chi connectivity index (χ1n) is 3.66. The maximum absolute atomic E-state index is 12.6. The molecule has 1 N–H and O–H groups in total. The zero-order valence-electron chi connectivity index (χ0n) is 6.47. The van der Waals surface area contributed by atoms with Crippen LogP contribution in [0.2, 0.25) is 0 Å². The van der Waals surface area contributed by atoms with Crippen molar-refractivity contribution in [2.75, 3.05) is 0 Å². The lowest BCUT2D eigenvalue weighted by Gasteiger charge is -2.02. The summed E-state index contributed by atoms with van der Waals surface area (Å²) in [5.74, 6) is -0.286. The number of aryl methyl sites for hydroxylation is 1. The molecule has 58 valence electrons. The van der Waals surface area contributed by atoms with Crippen LogP contribution >= 0.6 is 0 Å². The fourth-order valence-corrected chi connectivity index (χ4v) is 1.09. The van der Waals surface area contributed by atoms with Gasteiger partial charge < -0.3 is 5.02 Å². The molecule has 1 aromatic rings. The molecule has 3 heteroatoms. The predicted molar refractivity (Wildman–Crippen MR) is 44.8 cm³/mol. The van der Waals surface area contributed by atoms with E-state index in [0.29, 0.717) is 5.46 Å². The smallest absolute Gasteiger partial charge is 0.305 e. The molecule has 0 aliphatic rings. The van der Waals surface area contributed by atoms with Crippen molar-refractivity contribution < 1.29 is 9.41 Å². The van der Waals surface area contributed by atoms with Crippen LogP contribution < -0.4 is 5.46 Å². The predicted octanol–water partition coefficient (Wildman–Crippen LogP) is 0.357. The SMILES string of the molecule is CCc1ccc(F)cc1BO. The molecule has 1 rings (SSSR count). The number of rotatable bonds is 2. The van der Waals surface area contributed by atoms with Crippen LogP contribution in [0.15, 0.2) is 18.2 Å². The molecule has 11 heavy (non-hydrogen) atoms. The van der Waals surface area contributed by atoms with Crippen LogP contribution in [0, 0.1) is 5.82 Å². The van der Waals surface area contributed by atoms with Gasteiger partial charge in [0.2, 0.25) is 0 Å². The summed E-state index contributed by atoms with van der Waals surface area (Å²) in [6.45, 7) is 1.98. The van der Waals surface area contributed by atoms with Crippen LogP contribution in [-0.2, 0) is 6.42 Å². The molecule has 0 aromatic heterocycles. The van der Waals surface area contributed by atoms with E-state index in [1.54, 1.807) is 6.07 Å². The first kappa shape index (κ1) is 8.27. The molecule has 0 aliphatic heterocycles. The minimum absolute atomic E-state index is 0.0824. The molecule has 0 radical (unpaired) electrons. The van der Waals surface area contributed by atoms with Gasteiger partial charge in [-0.05, 0) is 24.0 Å². The van der Waals surface area contributed by atoms with E-state index in [4.69, 9.17) is 5.02 Å². The van der Waals surface area contributed by atoms with E-state index in [-0.39, 0.29) is 13.3 Å². The largest absolute Gasteiger partial charge is 0.449 e. The van der Waals surface area contributed by atoms with Gasteiger partial charge in [0.1, 0.15) is 5.82 Å². The summed E-state index contributed by atoms with van der Waals surface area (Å²) >= 11 is 0. The molecule has 0 spiro atoms. The third-order valence-corrected chi connectivity index (χ3v) is 1.72. The summed E-state index contributed by atoms with van der Waals surface area (Å²) in [4.78, 5) is 0. The van der Waals surface area contributed by atoms with E-state index in [9.17, 15) is 4.39 Å². The van der Waals surface area contributed by atoms with E-state index >= 15 is 0 Å². The Kier molecular flexibility index (Phi) is 2.66. The molecule has 0 aliphatic carbocycles. The Morgan fingerprint density at radius 2 is 2.27 bits per heavy atom. The third-order valence-electron chi connectivity index (χ3n) is 1.72. The highest BCUT2D eigenvalue weighted by Crippen LogP contribution is 1.99. The Labute approximate surface area is 66.1 Å². The molecule has 0 amide bonds. The monoisotopic (exact) mass is 152 g/mol. The summed E-state index contributed by atoms with van der Waals surface area (Å²) in [6.07, 6.45) is 0.830. The van der Waals surface area contributed by atoms with Crippen LogP contribution in [0.3, 0.4) is 0 Å². The van der Waals surface area contributed by atoms with Crippen molar-refractivity contribution in [2.24, 2.45) is 0 Å². The highest BCUT2D eigenvalue weighted by molar-refractivity contribution is 6.46. The number of halogens is 1. The molecule has 1 aromatic carbocycles. The summed E-state index contributed by atoms with van der Waals surface area (Å²) in [5.41, 5.74) is 1.70. The standard InChI is InChI=1S/C8H10BFO/c1-2-6-3-4-7(10)5-8(6)9-11/h3-5,9,11H,2H2,1H3. The van der Waals surface area contributed by atoms with Gasteiger partial charge in [0.25, 0.3) is 0 Å². The average molecular weight is 152 g/mol. The van der Waals surface area contributed by atoms with Crippen LogP contribution in [0.1, 0.15) is 12.5 Å². The van der Waals surface area contributed by atoms with E-state index in [1.807, 2.05) is 6.92 Å². The second kappa shape index (κ2) is 3.53. The number of benzene rings is 1. The summed E-state index contributed by atoms with van der Waals surface area (Å²) in [5, 5.41) is 8.81. The Hall–Kier alpha value is -0.825. The Bertz CT molecular complexity index is 250. The van der Waals surface area contributed by atoms with Crippen LogP contribution in [0.4, 0.5) is 4.39 Å². The summed E-state index contributed by atoms with van der Waals surface area (Å²) < 4.78 is 12.6. The molecule has 0 saturated heterocycles. The van der Waals surface area contributed by atoms with Crippen molar-refractivity contribution in [3.63, 3.8) is 0 Å². The first-order chi connectivity index (χ1) is 5.27. The molecule has 0 saturated carbocycles. The highest BCUT2D eigenvalue weighted by atomic mass is 19.1. The van der Waals surface area contributed by atoms with Crippen molar-refractivity contribution in [3.05, 3.63) is 29.6 Å². The van der Waals surface area contributed by atoms with Crippen LogP contribution in [-0.4, -0.2) is 12.5 Å². The van der Waals surface area contributed by atoms with Gasteiger partial charge in [-0.1, -0.05) is 18.6 Å². The van der Waals surface area contributed by atoms with E-state index in [1.165, 1.54) is 12.1 Å². The summed E-state index contributed by atoms with van der Waals surface area (Å²) in [7, 11) is -0.0824. The lowest BCUT2D eigenvalue weighted by molar-refractivity contribution is 0.610. The fraction of sp³-hybridized carbons (Fsp3) is 0.250. The van der Waals surface area contributed by atoms with Crippen molar-refractivity contribution in [3.8, 4) is 0 Å². The summed E-state index contributed by atoms with van der Waals surface area (Å²) in [6, 6.07) is 4.50. The minimum atomic E-state index is -0.286. The fourth-order valence-electron chi connectivity index (χ4n) is 1.09.